The third-order valence-electron chi connectivity index (χ3n) is 10.8. The number of hydrogen-bond donors (Lipinski definition) is 4. The summed E-state index contributed by atoms with van der Waals surface area (Å²) in [5.41, 5.74) is 3.94. The third kappa shape index (κ3) is 17.7. The molecule has 0 unspecified atom stereocenters. The first kappa shape index (κ1) is 60.0. The molecule has 356 valence electrons. The van der Waals surface area contributed by atoms with E-state index in [4.69, 9.17) is 15.9 Å². The fraction of sp³-hybridized carbons (Fsp3) is 0.551. The van der Waals surface area contributed by atoms with E-state index >= 15 is 0 Å². The van der Waals surface area contributed by atoms with E-state index in [1.54, 1.807) is 81.3 Å². The van der Waals surface area contributed by atoms with Gasteiger partial charge in [0.05, 0.1) is 12.8 Å². The fourth-order valence-corrected chi connectivity index (χ4v) is 9.39. The van der Waals surface area contributed by atoms with Gasteiger partial charge in [-0.25, -0.2) is 0 Å². The molecule has 0 radical (unpaired) electrons. The number of allylic oxidation sites excluding steroid dienone is 8. The number of amides is 1. The number of thioether (sulfide) groups is 3. The first-order valence-electron chi connectivity index (χ1n) is 21.1. The first-order chi connectivity index (χ1) is 29.4. The van der Waals surface area contributed by atoms with E-state index in [0.717, 1.165) is 30.2 Å². The van der Waals surface area contributed by atoms with Crippen LogP contribution >= 0.6 is 35.3 Å². The molecular formula is C49H72N2O10S3. The molecule has 64 heavy (non-hydrogen) atoms. The molecule has 12 nitrogen and oxygen atoms in total. The number of nitrogens with one attached hydrogen (secondary N) is 1. The zero-order chi connectivity index (χ0) is 50.0. The van der Waals surface area contributed by atoms with Crippen molar-refractivity contribution in [1.82, 2.24) is 5.32 Å². The normalized spacial score (nSPS) is 15.0. The summed E-state index contributed by atoms with van der Waals surface area (Å²) in [6.45, 7) is 32.2. The molecule has 0 atom stereocenters. The number of rotatable bonds is 24. The van der Waals surface area contributed by atoms with E-state index in [0.29, 0.717) is 35.3 Å². The number of Topliss-reactive ketones (excluding diaryl/α,β-unsaturated/α-hetero) is 5. The van der Waals surface area contributed by atoms with Crippen molar-refractivity contribution in [2.24, 2.45) is 27.4 Å². The topological polar surface area (TPSA) is 215 Å². The van der Waals surface area contributed by atoms with Crippen LogP contribution in [0.1, 0.15) is 122 Å². The maximum atomic E-state index is 13.5. The molecule has 15 heteroatoms. The lowest BCUT2D eigenvalue weighted by Gasteiger charge is -2.36. The Morgan fingerprint density at radius 1 is 0.547 bits per heavy atom. The Labute approximate surface area is 394 Å². The van der Waals surface area contributed by atoms with Crippen molar-refractivity contribution in [2.45, 2.75) is 122 Å². The number of ketones is 5. The summed E-state index contributed by atoms with van der Waals surface area (Å²) in [6.07, 6.45) is 0.938. The molecule has 2 aliphatic carbocycles. The van der Waals surface area contributed by atoms with Gasteiger partial charge < -0.3 is 21.3 Å². The summed E-state index contributed by atoms with van der Waals surface area (Å²) in [5.74, 6) is -0.840. The van der Waals surface area contributed by atoms with Crippen molar-refractivity contribution >= 4 is 82.0 Å². The van der Waals surface area contributed by atoms with Gasteiger partial charge in [-0.15, -0.1) is 35.3 Å². The number of nitrogens with two attached hydrogens (primary N) is 1. The van der Waals surface area contributed by atoms with E-state index in [1.165, 1.54) is 25.6 Å². The van der Waals surface area contributed by atoms with Gasteiger partial charge in [0.25, 0.3) is 0 Å². The smallest absolute Gasteiger partial charge is 0.304 e. The third-order valence-corrected chi connectivity index (χ3v) is 12.9. The minimum absolute atomic E-state index is 0.0780. The van der Waals surface area contributed by atoms with E-state index in [9.17, 15) is 38.4 Å². The fourth-order valence-electron chi connectivity index (χ4n) is 8.22. The second-order valence-corrected chi connectivity index (χ2v) is 21.5. The average molecular weight is 945 g/mol. The Morgan fingerprint density at radius 3 is 1.17 bits per heavy atom. The Kier molecular flexibility index (Phi) is 25.1. The highest BCUT2D eigenvalue weighted by molar-refractivity contribution is 8.02. The van der Waals surface area contributed by atoms with Crippen molar-refractivity contribution < 1.29 is 48.6 Å². The van der Waals surface area contributed by atoms with Crippen molar-refractivity contribution in [1.29, 1.82) is 0 Å². The average Bonchev–Trinajstić information content (AvgIpc) is 3.14. The zero-order valence-electron chi connectivity index (χ0n) is 40.1. The Hall–Kier alpha value is -4.05. The summed E-state index contributed by atoms with van der Waals surface area (Å²) in [6, 6.07) is 0. The highest BCUT2D eigenvalue weighted by atomic mass is 32.2. The second-order valence-electron chi connectivity index (χ2n) is 18.2. The number of carbonyl (C=O) groups is 8. The minimum atomic E-state index is -1.06. The monoisotopic (exact) mass is 944 g/mol. The van der Waals surface area contributed by atoms with Gasteiger partial charge in [-0.3, -0.25) is 38.4 Å². The van der Waals surface area contributed by atoms with Crippen molar-refractivity contribution in [3.63, 3.8) is 0 Å². The molecule has 0 aromatic carbocycles. The number of carboxylic acid groups (broad SMARTS) is 2. The quantitative estimate of drug-likeness (QED) is 0.0524. The van der Waals surface area contributed by atoms with Crippen LogP contribution in [0.25, 0.3) is 0 Å². The number of carbonyl (C=O) groups excluding carboxylic acids is 6. The zero-order valence-corrected chi connectivity index (χ0v) is 42.5. The van der Waals surface area contributed by atoms with Crippen LogP contribution < -0.4 is 11.1 Å². The van der Waals surface area contributed by atoms with Gasteiger partial charge in [-0.05, 0) is 56.1 Å². The van der Waals surface area contributed by atoms with Crippen LogP contribution in [0, 0.1) is 21.7 Å². The Bertz CT molecular complexity index is 1850. The molecule has 0 aromatic heterocycles. The molecular weight excluding hydrogens is 873 g/mol. The van der Waals surface area contributed by atoms with Crippen LogP contribution in [0.3, 0.4) is 0 Å². The molecule has 0 aliphatic heterocycles. The van der Waals surface area contributed by atoms with Gasteiger partial charge in [-0.1, -0.05) is 75.1 Å². The summed E-state index contributed by atoms with van der Waals surface area (Å²) in [7, 11) is 0. The van der Waals surface area contributed by atoms with Gasteiger partial charge in [0.2, 0.25) is 5.91 Å². The van der Waals surface area contributed by atoms with E-state index in [2.05, 4.69) is 25.1 Å². The van der Waals surface area contributed by atoms with Gasteiger partial charge in [0.15, 0.2) is 23.1 Å². The van der Waals surface area contributed by atoms with Gasteiger partial charge in [0.1, 0.15) is 5.78 Å². The largest absolute Gasteiger partial charge is 0.481 e. The first-order valence-corrected chi connectivity index (χ1v) is 24.2. The Balaban J connectivity index is 0.00000115. The predicted molar refractivity (Wildman–Crippen MR) is 264 cm³/mol. The highest BCUT2D eigenvalue weighted by Gasteiger charge is 2.45. The van der Waals surface area contributed by atoms with Crippen LogP contribution in [0.15, 0.2) is 80.5 Å². The second kappa shape index (κ2) is 26.8. The molecule has 0 saturated carbocycles. The highest BCUT2D eigenvalue weighted by Crippen LogP contribution is 2.46. The standard InChI is InChI=1S/C27H39NO4S2.C18H24O6.C4H9NS/c1-9-33-14-11-12-20(29)16-26(5,6)22-18(3)25(32)23(19(4)24(22)31)27(7,8)17-21(30)28-13-15-34-10-2;1-9-13(17(3,4)7-11(19)20)16(24)10(2)14(15(9)23)18(5,6)8-12(21)22;1-2-6-4-3-5/h9-10H,1-2,11-17H2,3-8H3,(H,28,30);7-8H2,1-6H3,(H,19,20)(H,21,22);2H,1,3-5H2. The molecule has 0 bridgehead atoms. The lowest BCUT2D eigenvalue weighted by Crippen LogP contribution is -2.38. The summed E-state index contributed by atoms with van der Waals surface area (Å²) in [4.78, 5) is 99.9. The summed E-state index contributed by atoms with van der Waals surface area (Å²) < 4.78 is 0. The van der Waals surface area contributed by atoms with Crippen molar-refractivity contribution in [3.05, 3.63) is 80.5 Å². The molecule has 0 fully saturated rings. The van der Waals surface area contributed by atoms with Gasteiger partial charge in [-0.2, -0.15) is 0 Å². The van der Waals surface area contributed by atoms with E-state index in [1.807, 2.05) is 27.7 Å². The van der Waals surface area contributed by atoms with E-state index in [-0.39, 0.29) is 82.8 Å². The number of hydrogen-bond acceptors (Lipinski definition) is 12. The molecule has 2 rings (SSSR count). The van der Waals surface area contributed by atoms with Crippen LogP contribution in [0.4, 0.5) is 0 Å². The van der Waals surface area contributed by atoms with Crippen LogP contribution in [-0.4, -0.2) is 87.3 Å². The molecule has 2 aliphatic rings. The minimum Gasteiger partial charge on any atom is -0.481 e. The van der Waals surface area contributed by atoms with Crippen LogP contribution in [-0.2, 0) is 38.4 Å². The molecule has 0 heterocycles. The maximum Gasteiger partial charge on any atom is 0.304 e. The molecule has 1 amide bonds. The van der Waals surface area contributed by atoms with Crippen LogP contribution in [0.2, 0.25) is 0 Å². The van der Waals surface area contributed by atoms with Crippen LogP contribution in [0.5, 0.6) is 0 Å². The summed E-state index contributed by atoms with van der Waals surface area (Å²) in [5, 5.41) is 26.3. The van der Waals surface area contributed by atoms with Gasteiger partial charge in [0, 0.05) is 110 Å². The molecule has 0 saturated heterocycles. The van der Waals surface area contributed by atoms with E-state index < -0.39 is 33.6 Å². The molecule has 0 aromatic rings. The Morgan fingerprint density at radius 2 is 0.859 bits per heavy atom. The SMILES string of the molecule is C=CSCCCC(=O)CC(C)(C)C1=C(C)C(=O)C(C(C)(C)CC(=O)NCCSC=C)=C(C)C1=O.C=CSCCN.CC1=C(C(C)(C)CC(=O)O)C(=O)C(C)=C(C(C)(C)CC(=O)O)C1=O. The number of carboxylic acids is 2. The maximum absolute atomic E-state index is 13.5. The van der Waals surface area contributed by atoms with Gasteiger partial charge >= 0.3 is 11.9 Å². The molecule has 0 spiro atoms. The van der Waals surface area contributed by atoms with Crippen molar-refractivity contribution in [3.8, 4) is 0 Å². The van der Waals surface area contributed by atoms with Crippen molar-refractivity contribution in [2.75, 3.05) is 30.3 Å². The summed E-state index contributed by atoms with van der Waals surface area (Å²) >= 11 is 4.74. The molecule has 5 N–H and O–H groups in total. The number of aliphatic carboxylic acids is 2. The predicted octanol–water partition coefficient (Wildman–Crippen LogP) is 9.42. The lowest BCUT2D eigenvalue weighted by atomic mass is 9.65. The lowest BCUT2D eigenvalue weighted by molar-refractivity contribution is -0.140.